The van der Waals surface area contributed by atoms with Crippen molar-refractivity contribution in [1.82, 2.24) is 20.2 Å². The minimum absolute atomic E-state index is 0.142. The van der Waals surface area contributed by atoms with Crippen molar-refractivity contribution >= 4 is 6.03 Å². The van der Waals surface area contributed by atoms with Gasteiger partial charge in [-0.2, -0.15) is 0 Å². The number of urea groups is 1. The first kappa shape index (κ1) is 21.7. The summed E-state index contributed by atoms with van der Waals surface area (Å²) in [6.07, 6.45) is 1.37. The summed E-state index contributed by atoms with van der Waals surface area (Å²) in [4.78, 5) is 34.4. The number of carbonyl (C=O) groups is 1. The van der Waals surface area contributed by atoms with E-state index < -0.39 is 0 Å². The predicted molar refractivity (Wildman–Crippen MR) is 113 cm³/mol. The van der Waals surface area contributed by atoms with Crippen LogP contribution in [0.25, 0.3) is 0 Å². The zero-order valence-corrected chi connectivity index (χ0v) is 17.8. The molecule has 0 aliphatic heterocycles. The lowest BCUT2D eigenvalue weighted by Gasteiger charge is -2.28. The van der Waals surface area contributed by atoms with Crippen molar-refractivity contribution in [3.8, 4) is 0 Å². The number of aryl methyl sites for hydroxylation is 2. The first-order valence-electron chi connectivity index (χ1n) is 9.80. The zero-order chi connectivity index (χ0) is 20.9. The predicted octanol–water partition coefficient (Wildman–Crippen LogP) is 3.70. The molecule has 1 aromatic carbocycles. The molecule has 0 atom stereocenters. The van der Waals surface area contributed by atoms with Crippen molar-refractivity contribution < 1.29 is 4.79 Å². The van der Waals surface area contributed by atoms with Crippen LogP contribution in [0.2, 0.25) is 0 Å². The number of H-pyrrole nitrogens is 1. The maximum Gasteiger partial charge on any atom is 0.318 e. The van der Waals surface area contributed by atoms with Gasteiger partial charge in [0, 0.05) is 29.8 Å². The van der Waals surface area contributed by atoms with Crippen LogP contribution < -0.4 is 10.9 Å². The molecule has 0 aliphatic carbocycles. The molecule has 28 heavy (non-hydrogen) atoms. The van der Waals surface area contributed by atoms with Crippen LogP contribution in [-0.4, -0.2) is 33.0 Å². The summed E-state index contributed by atoms with van der Waals surface area (Å²) in [7, 11) is 0. The molecule has 0 bridgehead atoms. The van der Waals surface area contributed by atoms with E-state index in [0.717, 1.165) is 17.5 Å². The molecule has 2 N–H and O–H groups in total. The van der Waals surface area contributed by atoms with E-state index in [1.54, 1.807) is 4.90 Å². The van der Waals surface area contributed by atoms with Gasteiger partial charge in [0.1, 0.15) is 5.82 Å². The average Bonchev–Trinajstić information content (AvgIpc) is 2.56. The van der Waals surface area contributed by atoms with E-state index in [-0.39, 0.29) is 23.7 Å². The quantitative estimate of drug-likeness (QED) is 0.797. The minimum atomic E-state index is -0.322. The van der Waals surface area contributed by atoms with Gasteiger partial charge in [-0.3, -0.25) is 4.79 Å². The van der Waals surface area contributed by atoms with Crippen LogP contribution in [0.5, 0.6) is 0 Å². The van der Waals surface area contributed by atoms with Gasteiger partial charge < -0.3 is 15.2 Å². The van der Waals surface area contributed by atoms with Gasteiger partial charge in [-0.15, -0.1) is 0 Å². The number of nitrogens with one attached hydrogen (secondary N) is 2. The third-order valence-corrected chi connectivity index (χ3v) is 4.34. The lowest BCUT2D eigenvalue weighted by Crippen LogP contribution is -2.48. The number of aromatic nitrogens is 2. The smallest absolute Gasteiger partial charge is 0.318 e. The number of aromatic amines is 1. The summed E-state index contributed by atoms with van der Waals surface area (Å²) in [6.45, 7) is 12.6. The molecule has 0 unspecified atom stereocenters. The van der Waals surface area contributed by atoms with Crippen molar-refractivity contribution in [1.29, 1.82) is 0 Å². The molecule has 2 rings (SSSR count). The Hall–Kier alpha value is -2.63. The highest BCUT2D eigenvalue weighted by atomic mass is 16.2. The van der Waals surface area contributed by atoms with Crippen LogP contribution in [0.1, 0.15) is 62.3 Å². The van der Waals surface area contributed by atoms with Crippen molar-refractivity contribution in [2.24, 2.45) is 0 Å². The maximum atomic E-state index is 12.7. The molecule has 152 valence electrons. The fourth-order valence-electron chi connectivity index (χ4n) is 3.08. The topological polar surface area (TPSA) is 78.1 Å². The molecule has 2 aromatic rings. The monoisotopic (exact) mass is 384 g/mol. The first-order chi connectivity index (χ1) is 13.1. The van der Waals surface area contributed by atoms with E-state index in [0.29, 0.717) is 30.0 Å². The van der Waals surface area contributed by atoms with Crippen LogP contribution in [-0.2, 0) is 13.0 Å². The fourth-order valence-corrected chi connectivity index (χ4v) is 3.08. The molecule has 0 spiro atoms. The van der Waals surface area contributed by atoms with E-state index in [1.165, 1.54) is 0 Å². The number of rotatable bonds is 6. The van der Waals surface area contributed by atoms with E-state index in [9.17, 15) is 9.59 Å². The third kappa shape index (κ3) is 6.22. The summed E-state index contributed by atoms with van der Waals surface area (Å²) in [5, 5.41) is 2.97. The molecule has 0 aliphatic rings. The average molecular weight is 385 g/mol. The molecule has 0 saturated carbocycles. The lowest BCUT2D eigenvalue weighted by atomic mass is 10.0. The fraction of sp³-hybridized carbons (Fsp3) is 0.500. The number of nitrogens with zero attached hydrogens (tertiary/aromatic N) is 2. The first-order valence-corrected chi connectivity index (χ1v) is 9.80. The second kappa shape index (κ2) is 9.04. The number of carbonyl (C=O) groups excluding carboxylic acids is 1. The van der Waals surface area contributed by atoms with Crippen molar-refractivity contribution in [3.63, 3.8) is 0 Å². The summed E-state index contributed by atoms with van der Waals surface area (Å²) >= 11 is 0. The van der Waals surface area contributed by atoms with Gasteiger partial charge in [-0.25, -0.2) is 9.78 Å². The Bertz CT molecular complexity index is 881. The number of benzene rings is 1. The van der Waals surface area contributed by atoms with E-state index in [1.807, 2.05) is 59.7 Å². The summed E-state index contributed by atoms with van der Waals surface area (Å²) in [5.74, 6) is 0.507. The number of hydrogen-bond acceptors (Lipinski definition) is 3. The Kier molecular flexibility index (Phi) is 7.00. The lowest BCUT2D eigenvalue weighted by molar-refractivity contribution is 0.184. The van der Waals surface area contributed by atoms with Crippen molar-refractivity contribution in [2.45, 2.75) is 66.5 Å². The summed E-state index contributed by atoms with van der Waals surface area (Å²) < 4.78 is 0. The number of amides is 2. The van der Waals surface area contributed by atoms with Crippen LogP contribution in [0, 0.1) is 13.8 Å². The molecule has 0 radical (unpaired) electrons. The maximum absolute atomic E-state index is 12.7. The second-order valence-electron chi connectivity index (χ2n) is 8.34. The van der Waals surface area contributed by atoms with Crippen LogP contribution in [0.15, 0.2) is 29.1 Å². The van der Waals surface area contributed by atoms with E-state index in [2.05, 4.69) is 21.4 Å². The highest BCUT2D eigenvalue weighted by Crippen LogP contribution is 2.12. The summed E-state index contributed by atoms with van der Waals surface area (Å²) in [6, 6.07) is 7.96. The highest BCUT2D eigenvalue weighted by molar-refractivity contribution is 5.74. The largest absolute Gasteiger partial charge is 0.333 e. The van der Waals surface area contributed by atoms with Crippen molar-refractivity contribution in [3.05, 3.63) is 62.8 Å². The molecule has 0 fully saturated rings. The van der Waals surface area contributed by atoms with Crippen LogP contribution in [0.3, 0.4) is 0 Å². The molecule has 2 amide bonds. The molecule has 0 saturated heterocycles. The second-order valence-corrected chi connectivity index (χ2v) is 8.34. The Morgan fingerprint density at radius 2 is 1.96 bits per heavy atom. The van der Waals surface area contributed by atoms with Gasteiger partial charge in [-0.05, 0) is 46.6 Å². The molecule has 1 aromatic heterocycles. The molecule has 1 heterocycles. The normalized spacial score (nSPS) is 11.4. The molecular weight excluding hydrogens is 352 g/mol. The van der Waals surface area contributed by atoms with E-state index in [4.69, 9.17) is 0 Å². The number of hydrogen-bond donors (Lipinski definition) is 2. The van der Waals surface area contributed by atoms with Gasteiger partial charge >= 0.3 is 6.03 Å². The third-order valence-electron chi connectivity index (χ3n) is 4.34. The standard InChI is InChI=1S/C22H32N4O2/c1-7-11-26(21(28)25-22(4,5)6)14-19-23-16(3)18(20(27)24-19)13-17-10-8-9-15(2)12-17/h8-10,12H,7,11,13-14H2,1-6H3,(H,25,28)(H,23,24,27). The van der Waals surface area contributed by atoms with Crippen LogP contribution >= 0.6 is 0 Å². The molecule has 6 heteroatoms. The van der Waals surface area contributed by atoms with Gasteiger partial charge in [-0.1, -0.05) is 36.8 Å². The van der Waals surface area contributed by atoms with Crippen molar-refractivity contribution in [2.75, 3.05) is 6.54 Å². The van der Waals surface area contributed by atoms with Crippen LogP contribution in [0.4, 0.5) is 4.79 Å². The Balaban J connectivity index is 2.22. The molecule has 6 nitrogen and oxygen atoms in total. The Labute approximate surface area is 167 Å². The van der Waals surface area contributed by atoms with Gasteiger partial charge in [0.05, 0.1) is 6.54 Å². The molecular formula is C22H32N4O2. The SMILES string of the molecule is CCCN(Cc1nc(C)c(Cc2cccc(C)c2)c(=O)[nH]1)C(=O)NC(C)(C)C. The Morgan fingerprint density at radius 3 is 2.54 bits per heavy atom. The Morgan fingerprint density at radius 1 is 1.25 bits per heavy atom. The van der Waals surface area contributed by atoms with Gasteiger partial charge in [0.15, 0.2) is 0 Å². The van der Waals surface area contributed by atoms with Gasteiger partial charge in [0.2, 0.25) is 0 Å². The van der Waals surface area contributed by atoms with Gasteiger partial charge in [0.25, 0.3) is 5.56 Å². The minimum Gasteiger partial charge on any atom is -0.333 e. The summed E-state index contributed by atoms with van der Waals surface area (Å²) in [5.41, 5.74) is 3.15. The van der Waals surface area contributed by atoms with E-state index >= 15 is 0 Å². The zero-order valence-electron chi connectivity index (χ0n) is 17.8. The highest BCUT2D eigenvalue weighted by Gasteiger charge is 2.20.